The van der Waals surface area contributed by atoms with Crippen molar-refractivity contribution in [2.45, 2.75) is 6.92 Å². The Morgan fingerprint density at radius 3 is 2.82 bits per heavy atom. The molecule has 0 amide bonds. The highest BCUT2D eigenvalue weighted by Crippen LogP contribution is 2.29. The quantitative estimate of drug-likeness (QED) is 0.674. The van der Waals surface area contributed by atoms with Gasteiger partial charge in [0.05, 0.1) is 4.47 Å². The Balaban J connectivity index is 2.25. The Kier molecular flexibility index (Phi) is 3.61. The topological polar surface area (TPSA) is 60.2 Å². The lowest BCUT2D eigenvalue weighted by atomic mass is 10.2. The van der Waals surface area contributed by atoms with Crippen molar-refractivity contribution in [2.75, 3.05) is 5.43 Å². The van der Waals surface area contributed by atoms with Gasteiger partial charge >= 0.3 is 0 Å². The van der Waals surface area contributed by atoms with Gasteiger partial charge in [-0.25, -0.2) is 5.84 Å². The number of ether oxygens (including phenoxy) is 1. The number of aromatic nitrogens is 1. The average Bonchev–Trinajstić information content (AvgIpc) is 2.33. The van der Waals surface area contributed by atoms with E-state index < -0.39 is 0 Å². The standard InChI is InChI=1S/C12H12BrN3O/c1-8-5-6-10(9(13)7-8)17-12-4-2-3-11(15-12)16-14/h2-7H,14H2,1H3,(H,15,16). The highest BCUT2D eigenvalue weighted by Gasteiger charge is 2.04. The van der Waals surface area contributed by atoms with Gasteiger partial charge in [-0.05, 0) is 46.6 Å². The van der Waals surface area contributed by atoms with Crippen molar-refractivity contribution in [1.82, 2.24) is 4.98 Å². The molecular formula is C12H12BrN3O. The summed E-state index contributed by atoms with van der Waals surface area (Å²) >= 11 is 3.45. The van der Waals surface area contributed by atoms with Crippen LogP contribution in [0, 0.1) is 6.92 Å². The molecule has 0 spiro atoms. The molecule has 0 saturated carbocycles. The molecule has 88 valence electrons. The summed E-state index contributed by atoms with van der Waals surface area (Å²) in [6.45, 7) is 2.02. The fourth-order valence-electron chi connectivity index (χ4n) is 1.35. The molecule has 2 rings (SSSR count). The number of halogens is 1. The number of benzene rings is 1. The van der Waals surface area contributed by atoms with Crippen molar-refractivity contribution in [3.8, 4) is 11.6 Å². The van der Waals surface area contributed by atoms with Gasteiger partial charge in [0.15, 0.2) is 0 Å². The zero-order chi connectivity index (χ0) is 12.3. The number of nitrogens with zero attached hydrogens (tertiary/aromatic N) is 1. The van der Waals surface area contributed by atoms with Crippen molar-refractivity contribution >= 4 is 21.7 Å². The van der Waals surface area contributed by atoms with E-state index in [1.54, 1.807) is 12.1 Å². The number of pyridine rings is 1. The monoisotopic (exact) mass is 293 g/mol. The average molecular weight is 294 g/mol. The van der Waals surface area contributed by atoms with E-state index >= 15 is 0 Å². The van der Waals surface area contributed by atoms with Gasteiger partial charge in [0.2, 0.25) is 5.88 Å². The highest BCUT2D eigenvalue weighted by molar-refractivity contribution is 9.10. The molecule has 0 radical (unpaired) electrons. The number of hydrogen-bond acceptors (Lipinski definition) is 4. The van der Waals surface area contributed by atoms with Crippen molar-refractivity contribution in [2.24, 2.45) is 5.84 Å². The highest BCUT2D eigenvalue weighted by atomic mass is 79.9. The summed E-state index contributed by atoms with van der Waals surface area (Å²) in [6, 6.07) is 11.2. The third-order valence-corrected chi connectivity index (χ3v) is 2.79. The molecule has 0 unspecified atom stereocenters. The summed E-state index contributed by atoms with van der Waals surface area (Å²) < 4.78 is 6.55. The van der Waals surface area contributed by atoms with E-state index in [1.165, 1.54) is 0 Å². The van der Waals surface area contributed by atoms with Crippen molar-refractivity contribution in [3.63, 3.8) is 0 Å². The lowest BCUT2D eigenvalue weighted by molar-refractivity contribution is 0.460. The number of nitrogens with one attached hydrogen (secondary N) is 1. The van der Waals surface area contributed by atoms with Crippen molar-refractivity contribution in [3.05, 3.63) is 46.4 Å². The molecule has 2 aromatic rings. The third-order valence-electron chi connectivity index (χ3n) is 2.17. The lowest BCUT2D eigenvalue weighted by Gasteiger charge is -2.08. The summed E-state index contributed by atoms with van der Waals surface area (Å²) in [6.07, 6.45) is 0. The zero-order valence-electron chi connectivity index (χ0n) is 9.27. The molecule has 0 fully saturated rings. The first-order valence-corrected chi connectivity index (χ1v) is 5.86. The van der Waals surface area contributed by atoms with Crippen LogP contribution in [0.4, 0.5) is 5.82 Å². The largest absolute Gasteiger partial charge is 0.438 e. The van der Waals surface area contributed by atoms with E-state index in [9.17, 15) is 0 Å². The maximum Gasteiger partial charge on any atom is 0.221 e. The number of hydrogen-bond donors (Lipinski definition) is 2. The molecule has 1 heterocycles. The second-order valence-electron chi connectivity index (χ2n) is 3.54. The van der Waals surface area contributed by atoms with Crippen LogP contribution in [0.1, 0.15) is 5.56 Å². The first-order valence-electron chi connectivity index (χ1n) is 5.07. The summed E-state index contributed by atoms with van der Waals surface area (Å²) in [5, 5.41) is 0. The molecule has 0 aliphatic heterocycles. The molecule has 5 heteroatoms. The minimum Gasteiger partial charge on any atom is -0.438 e. The minimum atomic E-state index is 0.491. The number of aryl methyl sites for hydroxylation is 1. The normalized spacial score (nSPS) is 10.1. The Labute approximate surface area is 108 Å². The number of anilines is 1. The maximum absolute atomic E-state index is 5.65. The van der Waals surface area contributed by atoms with Gasteiger partial charge in [0.1, 0.15) is 11.6 Å². The van der Waals surface area contributed by atoms with Gasteiger partial charge in [-0.1, -0.05) is 12.1 Å². The molecule has 17 heavy (non-hydrogen) atoms. The summed E-state index contributed by atoms with van der Waals surface area (Å²) in [5.74, 6) is 7.06. The summed E-state index contributed by atoms with van der Waals surface area (Å²) in [5.41, 5.74) is 3.64. The molecule has 0 aliphatic carbocycles. The van der Waals surface area contributed by atoms with Crippen LogP contribution in [0.3, 0.4) is 0 Å². The van der Waals surface area contributed by atoms with E-state index in [0.717, 1.165) is 15.8 Å². The van der Waals surface area contributed by atoms with E-state index in [-0.39, 0.29) is 0 Å². The molecule has 0 saturated heterocycles. The molecule has 0 bridgehead atoms. The minimum absolute atomic E-state index is 0.491. The van der Waals surface area contributed by atoms with Crippen LogP contribution in [-0.4, -0.2) is 4.98 Å². The maximum atomic E-state index is 5.65. The van der Waals surface area contributed by atoms with Crippen molar-refractivity contribution < 1.29 is 4.74 Å². The number of nitrogens with two attached hydrogens (primary N) is 1. The lowest BCUT2D eigenvalue weighted by Crippen LogP contribution is -2.08. The number of rotatable bonds is 3. The third kappa shape index (κ3) is 2.95. The van der Waals surface area contributed by atoms with Crippen molar-refractivity contribution in [1.29, 1.82) is 0 Å². The smallest absolute Gasteiger partial charge is 0.221 e. The SMILES string of the molecule is Cc1ccc(Oc2cccc(NN)n2)c(Br)c1. The number of nitrogen functional groups attached to an aromatic ring is 1. The predicted octanol–water partition coefficient (Wildman–Crippen LogP) is 3.23. The molecule has 1 aromatic carbocycles. The molecule has 0 aliphatic rings. The Bertz CT molecular complexity index is 531. The van der Waals surface area contributed by atoms with Crippen LogP contribution in [-0.2, 0) is 0 Å². The van der Waals surface area contributed by atoms with Crippen LogP contribution in [0.15, 0.2) is 40.9 Å². The molecule has 0 atom stereocenters. The fourth-order valence-corrected chi connectivity index (χ4v) is 1.93. The molecular weight excluding hydrogens is 282 g/mol. The van der Waals surface area contributed by atoms with Gasteiger partial charge in [0, 0.05) is 6.07 Å². The summed E-state index contributed by atoms with van der Waals surface area (Å²) in [4.78, 5) is 4.17. The van der Waals surface area contributed by atoms with Crippen LogP contribution < -0.4 is 16.0 Å². The van der Waals surface area contributed by atoms with E-state index in [1.807, 2.05) is 31.2 Å². The van der Waals surface area contributed by atoms with E-state index in [4.69, 9.17) is 10.6 Å². The number of hydrazine groups is 1. The van der Waals surface area contributed by atoms with Crippen LogP contribution in [0.25, 0.3) is 0 Å². The van der Waals surface area contributed by atoms with Gasteiger partial charge in [0.25, 0.3) is 0 Å². The first-order chi connectivity index (χ1) is 8.19. The first kappa shape index (κ1) is 11.9. The van der Waals surface area contributed by atoms with Gasteiger partial charge in [-0.3, -0.25) is 0 Å². The van der Waals surface area contributed by atoms with E-state index in [0.29, 0.717) is 11.7 Å². The Morgan fingerprint density at radius 1 is 1.29 bits per heavy atom. The predicted molar refractivity (Wildman–Crippen MR) is 71.0 cm³/mol. The summed E-state index contributed by atoms with van der Waals surface area (Å²) in [7, 11) is 0. The zero-order valence-corrected chi connectivity index (χ0v) is 10.9. The second-order valence-corrected chi connectivity index (χ2v) is 4.40. The second kappa shape index (κ2) is 5.16. The van der Waals surface area contributed by atoms with Crippen LogP contribution in [0.5, 0.6) is 11.6 Å². The van der Waals surface area contributed by atoms with E-state index in [2.05, 4.69) is 26.3 Å². The van der Waals surface area contributed by atoms with Gasteiger partial charge in [-0.15, -0.1) is 0 Å². The Hall–Kier alpha value is -1.59. The molecule has 3 N–H and O–H groups in total. The van der Waals surface area contributed by atoms with Crippen LogP contribution >= 0.6 is 15.9 Å². The Morgan fingerprint density at radius 2 is 2.12 bits per heavy atom. The molecule has 1 aromatic heterocycles. The van der Waals surface area contributed by atoms with Crippen LogP contribution in [0.2, 0.25) is 0 Å². The van der Waals surface area contributed by atoms with Gasteiger partial charge < -0.3 is 10.2 Å². The molecule has 4 nitrogen and oxygen atoms in total. The van der Waals surface area contributed by atoms with Gasteiger partial charge in [-0.2, -0.15) is 4.98 Å². The fraction of sp³-hybridized carbons (Fsp3) is 0.0833.